The van der Waals surface area contributed by atoms with E-state index < -0.39 is 0 Å². The molecule has 0 atom stereocenters. The third-order valence-electron chi connectivity index (χ3n) is 1.87. The summed E-state index contributed by atoms with van der Waals surface area (Å²) in [4.78, 5) is 22.5. The maximum atomic E-state index is 11.5. The number of alkyl halides is 1. The van der Waals surface area contributed by atoms with E-state index in [2.05, 4.69) is 10.6 Å². The highest BCUT2D eigenvalue weighted by Crippen LogP contribution is 2.10. The first-order chi connectivity index (χ1) is 7.67. The normalized spacial score (nSPS) is 9.62. The smallest absolute Gasteiger partial charge is 0.251 e. The zero-order valence-corrected chi connectivity index (χ0v) is 9.67. The summed E-state index contributed by atoms with van der Waals surface area (Å²) < 4.78 is 0. The Morgan fingerprint density at radius 1 is 1.38 bits per heavy atom. The van der Waals surface area contributed by atoms with E-state index in [4.69, 9.17) is 11.6 Å². The topological polar surface area (TPSA) is 58.2 Å². The molecule has 0 saturated heterocycles. The molecule has 0 aliphatic heterocycles. The van der Waals surface area contributed by atoms with Gasteiger partial charge in [0, 0.05) is 17.8 Å². The maximum absolute atomic E-state index is 11.5. The Morgan fingerprint density at radius 3 is 2.75 bits per heavy atom. The first-order valence-electron chi connectivity index (χ1n) is 4.91. The minimum atomic E-state index is -0.297. The van der Waals surface area contributed by atoms with Gasteiger partial charge in [-0.2, -0.15) is 0 Å². The Morgan fingerprint density at radius 2 is 2.12 bits per heavy atom. The molecule has 16 heavy (non-hydrogen) atoms. The number of carbonyl (C=O) groups is 2. The van der Waals surface area contributed by atoms with Crippen molar-refractivity contribution in [2.45, 2.75) is 6.92 Å². The molecular formula is C11H13ClN2O2. The Hall–Kier alpha value is -1.55. The van der Waals surface area contributed by atoms with Crippen LogP contribution in [0.3, 0.4) is 0 Å². The van der Waals surface area contributed by atoms with Gasteiger partial charge < -0.3 is 10.6 Å². The molecule has 1 rings (SSSR count). The molecule has 0 saturated carbocycles. The zero-order chi connectivity index (χ0) is 12.0. The molecule has 5 heteroatoms. The highest BCUT2D eigenvalue weighted by molar-refractivity contribution is 6.29. The van der Waals surface area contributed by atoms with Gasteiger partial charge >= 0.3 is 0 Å². The molecule has 2 N–H and O–H groups in total. The lowest BCUT2D eigenvalue weighted by atomic mass is 10.2. The van der Waals surface area contributed by atoms with E-state index in [1.807, 2.05) is 6.92 Å². The SMILES string of the molecule is CCNC(=O)c1cccc(NC(=O)CCl)c1. The third-order valence-corrected chi connectivity index (χ3v) is 2.11. The van der Waals surface area contributed by atoms with Crippen LogP contribution in [0.2, 0.25) is 0 Å². The Labute approximate surface area is 99.0 Å². The van der Waals surface area contributed by atoms with Crippen LogP contribution in [0.25, 0.3) is 0 Å². The second kappa shape index (κ2) is 6.12. The van der Waals surface area contributed by atoms with Crippen LogP contribution in [0.4, 0.5) is 5.69 Å². The number of halogens is 1. The number of anilines is 1. The number of nitrogens with one attached hydrogen (secondary N) is 2. The summed E-state index contributed by atoms with van der Waals surface area (Å²) in [6, 6.07) is 6.69. The van der Waals surface area contributed by atoms with E-state index in [-0.39, 0.29) is 17.7 Å². The largest absolute Gasteiger partial charge is 0.352 e. The lowest BCUT2D eigenvalue weighted by Crippen LogP contribution is -2.22. The Kier molecular flexibility index (Phi) is 4.79. The van der Waals surface area contributed by atoms with Gasteiger partial charge in [0.15, 0.2) is 0 Å². The molecule has 0 unspecified atom stereocenters. The van der Waals surface area contributed by atoms with Crippen molar-refractivity contribution in [3.8, 4) is 0 Å². The van der Waals surface area contributed by atoms with Crippen molar-refractivity contribution in [2.75, 3.05) is 17.7 Å². The van der Waals surface area contributed by atoms with Crippen molar-refractivity contribution < 1.29 is 9.59 Å². The Balaban J connectivity index is 2.78. The molecule has 1 aromatic carbocycles. The summed E-state index contributed by atoms with van der Waals surface area (Å²) in [6.07, 6.45) is 0. The van der Waals surface area contributed by atoms with E-state index in [9.17, 15) is 9.59 Å². The van der Waals surface area contributed by atoms with Crippen LogP contribution in [-0.2, 0) is 4.79 Å². The van der Waals surface area contributed by atoms with Gasteiger partial charge in [0.1, 0.15) is 5.88 Å². The van der Waals surface area contributed by atoms with Crippen molar-refractivity contribution in [2.24, 2.45) is 0 Å². The van der Waals surface area contributed by atoms with Gasteiger partial charge in [0.2, 0.25) is 5.91 Å². The molecule has 1 aromatic rings. The van der Waals surface area contributed by atoms with Crippen LogP contribution < -0.4 is 10.6 Å². The number of hydrogen-bond acceptors (Lipinski definition) is 2. The molecule has 0 aromatic heterocycles. The fourth-order valence-corrected chi connectivity index (χ4v) is 1.26. The minimum absolute atomic E-state index is 0.106. The molecule has 2 amide bonds. The second-order valence-electron chi connectivity index (χ2n) is 3.12. The molecule has 0 fully saturated rings. The predicted molar refractivity (Wildman–Crippen MR) is 63.8 cm³/mol. The number of hydrogen-bond donors (Lipinski definition) is 2. The number of carbonyl (C=O) groups excluding carboxylic acids is 2. The lowest BCUT2D eigenvalue weighted by Gasteiger charge is -2.06. The van der Waals surface area contributed by atoms with Gasteiger partial charge in [-0.1, -0.05) is 6.07 Å². The summed E-state index contributed by atoms with van der Waals surface area (Å²) in [5, 5.41) is 5.26. The van der Waals surface area contributed by atoms with Crippen LogP contribution in [0, 0.1) is 0 Å². The van der Waals surface area contributed by atoms with Gasteiger partial charge in [-0.05, 0) is 25.1 Å². The standard InChI is InChI=1S/C11H13ClN2O2/c1-2-13-11(16)8-4-3-5-9(6-8)14-10(15)7-12/h3-6H,2,7H2,1H3,(H,13,16)(H,14,15). The van der Waals surface area contributed by atoms with E-state index in [0.29, 0.717) is 17.8 Å². The average molecular weight is 241 g/mol. The second-order valence-corrected chi connectivity index (χ2v) is 3.39. The molecule has 0 aliphatic rings. The first-order valence-corrected chi connectivity index (χ1v) is 5.45. The monoisotopic (exact) mass is 240 g/mol. The first kappa shape index (κ1) is 12.5. The quantitative estimate of drug-likeness (QED) is 0.786. The summed E-state index contributed by atoms with van der Waals surface area (Å²) in [7, 11) is 0. The van der Waals surface area contributed by atoms with Gasteiger partial charge in [-0.25, -0.2) is 0 Å². The van der Waals surface area contributed by atoms with E-state index >= 15 is 0 Å². The van der Waals surface area contributed by atoms with E-state index in [0.717, 1.165) is 0 Å². The van der Waals surface area contributed by atoms with Crippen LogP contribution >= 0.6 is 11.6 Å². The van der Waals surface area contributed by atoms with Crippen LogP contribution in [0.1, 0.15) is 17.3 Å². The molecule has 0 radical (unpaired) electrons. The summed E-state index contributed by atoms with van der Waals surface area (Å²) in [5.41, 5.74) is 1.07. The van der Waals surface area contributed by atoms with Crippen LogP contribution in [0.5, 0.6) is 0 Å². The van der Waals surface area contributed by atoms with E-state index in [1.165, 1.54) is 0 Å². The van der Waals surface area contributed by atoms with Crippen molar-refractivity contribution in [1.82, 2.24) is 5.32 Å². The predicted octanol–water partition coefficient (Wildman–Crippen LogP) is 1.61. The highest BCUT2D eigenvalue weighted by Gasteiger charge is 2.05. The minimum Gasteiger partial charge on any atom is -0.352 e. The molecule has 4 nitrogen and oxygen atoms in total. The summed E-state index contributed by atoms with van der Waals surface area (Å²) in [6.45, 7) is 2.41. The number of benzene rings is 1. The maximum Gasteiger partial charge on any atom is 0.251 e. The third kappa shape index (κ3) is 3.55. The fourth-order valence-electron chi connectivity index (χ4n) is 1.20. The fraction of sp³-hybridized carbons (Fsp3) is 0.273. The number of amides is 2. The van der Waals surface area contributed by atoms with Crippen molar-refractivity contribution in [3.63, 3.8) is 0 Å². The molecule has 86 valence electrons. The zero-order valence-electron chi connectivity index (χ0n) is 8.92. The average Bonchev–Trinajstić information content (AvgIpc) is 2.29. The summed E-state index contributed by atoms with van der Waals surface area (Å²) in [5.74, 6) is -0.565. The van der Waals surface area contributed by atoms with Crippen molar-refractivity contribution >= 4 is 29.1 Å². The molecule has 0 heterocycles. The van der Waals surface area contributed by atoms with Gasteiger partial charge in [0.25, 0.3) is 5.91 Å². The molecular weight excluding hydrogens is 228 g/mol. The molecule has 0 aliphatic carbocycles. The van der Waals surface area contributed by atoms with Crippen LogP contribution in [-0.4, -0.2) is 24.2 Å². The van der Waals surface area contributed by atoms with Gasteiger partial charge in [-0.3, -0.25) is 9.59 Å². The van der Waals surface area contributed by atoms with Gasteiger partial charge in [-0.15, -0.1) is 11.6 Å². The van der Waals surface area contributed by atoms with Crippen LogP contribution in [0.15, 0.2) is 24.3 Å². The van der Waals surface area contributed by atoms with Crippen molar-refractivity contribution in [3.05, 3.63) is 29.8 Å². The summed E-state index contributed by atoms with van der Waals surface area (Å²) >= 11 is 5.36. The molecule has 0 spiro atoms. The highest BCUT2D eigenvalue weighted by atomic mass is 35.5. The van der Waals surface area contributed by atoms with Crippen molar-refractivity contribution in [1.29, 1.82) is 0 Å². The molecule has 0 bridgehead atoms. The number of rotatable bonds is 4. The lowest BCUT2D eigenvalue weighted by molar-refractivity contribution is -0.113. The van der Waals surface area contributed by atoms with Gasteiger partial charge in [0.05, 0.1) is 0 Å². The Bertz CT molecular complexity index is 393. The van der Waals surface area contributed by atoms with E-state index in [1.54, 1.807) is 24.3 Å².